The van der Waals surface area contributed by atoms with Crippen LogP contribution in [0.1, 0.15) is 77.6 Å². The van der Waals surface area contributed by atoms with Gasteiger partial charge in [0.25, 0.3) is 0 Å². The van der Waals surface area contributed by atoms with Gasteiger partial charge < -0.3 is 47.2 Å². The predicted octanol–water partition coefficient (Wildman–Crippen LogP) is 3.21. The highest BCUT2D eigenvalue weighted by Crippen LogP contribution is 2.54. The van der Waals surface area contributed by atoms with Gasteiger partial charge in [-0.2, -0.15) is 0 Å². The van der Waals surface area contributed by atoms with E-state index in [9.17, 15) is 23.8 Å². The van der Waals surface area contributed by atoms with Crippen molar-refractivity contribution in [2.75, 3.05) is 0 Å². The molecule has 0 saturated carbocycles. The molecule has 0 radical (unpaired) electrons. The summed E-state index contributed by atoms with van der Waals surface area (Å²) in [5, 5.41) is -2.17. The molecule has 0 bridgehead atoms. The van der Waals surface area contributed by atoms with E-state index in [2.05, 4.69) is 6.92 Å². The van der Waals surface area contributed by atoms with Crippen LogP contribution in [0.3, 0.4) is 0 Å². The second-order valence-electron chi connectivity index (χ2n) is 5.56. The van der Waals surface area contributed by atoms with Gasteiger partial charge in [-0.25, -0.2) is 0 Å². The molecule has 2 atom stereocenters. The Morgan fingerprint density at radius 2 is 1.08 bits per heavy atom. The van der Waals surface area contributed by atoms with Crippen LogP contribution in [0.15, 0.2) is 0 Å². The summed E-state index contributed by atoms with van der Waals surface area (Å²) in [4.78, 5) is 41.3. The lowest BCUT2D eigenvalue weighted by Crippen LogP contribution is -2.29. The molecule has 2 unspecified atom stereocenters. The van der Waals surface area contributed by atoms with Gasteiger partial charge in [-0.15, -0.1) is 0 Å². The van der Waals surface area contributed by atoms with Crippen molar-refractivity contribution in [3.8, 4) is 0 Å². The number of unbranched alkanes of at least 4 members (excludes halogenated alkanes) is 9. The van der Waals surface area contributed by atoms with E-state index < -0.39 is 20.6 Å². The van der Waals surface area contributed by atoms with Crippen LogP contribution in [-0.4, -0.2) is 10.3 Å². The highest BCUT2D eigenvalue weighted by Gasteiger charge is 2.23. The molecule has 11 heteroatoms. The zero-order chi connectivity index (χ0) is 16.4. The molecule has 24 heavy (non-hydrogen) atoms. The minimum absolute atomic E-state index is 0. The van der Waals surface area contributed by atoms with E-state index in [1.165, 1.54) is 32.1 Å². The molecule has 0 aliphatic rings. The van der Waals surface area contributed by atoms with Crippen LogP contribution in [0.2, 0.25) is 0 Å². The predicted molar refractivity (Wildman–Crippen MR) is 95.6 cm³/mol. The summed E-state index contributed by atoms with van der Waals surface area (Å²) in [6.07, 6.45) is 9.88. The summed E-state index contributed by atoms with van der Waals surface area (Å²) in [6, 6.07) is 0. The van der Waals surface area contributed by atoms with Crippen molar-refractivity contribution in [2.24, 2.45) is 0 Å². The molecule has 0 aromatic carbocycles. The van der Waals surface area contributed by atoms with Crippen molar-refractivity contribution < 1.29 is 28.7 Å². The van der Waals surface area contributed by atoms with Crippen molar-refractivity contribution >= 4 is 15.2 Å². The van der Waals surface area contributed by atoms with Crippen LogP contribution >= 0.6 is 15.2 Å². The molecule has 0 aliphatic carbocycles. The first-order valence-electron chi connectivity index (χ1n) is 7.74. The molecule has 152 valence electrons. The summed E-state index contributed by atoms with van der Waals surface area (Å²) < 4.78 is 21.7. The summed E-state index contributed by atoms with van der Waals surface area (Å²) >= 11 is 0. The van der Waals surface area contributed by atoms with Crippen molar-refractivity contribution in [3.05, 3.63) is 0 Å². The Labute approximate surface area is 146 Å². The van der Waals surface area contributed by atoms with Crippen LogP contribution in [-0.2, 0) is 9.13 Å². The van der Waals surface area contributed by atoms with Gasteiger partial charge in [0.05, 0.1) is 5.40 Å². The van der Waals surface area contributed by atoms with Crippen LogP contribution in [0.25, 0.3) is 0 Å². The summed E-state index contributed by atoms with van der Waals surface area (Å²) in [7, 11) is -10.4. The summed E-state index contributed by atoms with van der Waals surface area (Å²) in [5.41, 5.74) is 0. The van der Waals surface area contributed by atoms with E-state index in [0.717, 1.165) is 19.3 Å². The van der Waals surface area contributed by atoms with Gasteiger partial charge in [0, 0.05) is 0 Å². The van der Waals surface area contributed by atoms with Crippen molar-refractivity contribution in [2.45, 2.75) is 83.0 Å². The number of rotatable bonds is 13. The maximum atomic E-state index is 10.9. The highest BCUT2D eigenvalue weighted by molar-refractivity contribution is 7.68. The molecule has 0 heterocycles. The Hall–Kier alpha value is 0.180. The molecular weight excluding hydrogens is 356 g/mol. The summed E-state index contributed by atoms with van der Waals surface area (Å²) in [6.45, 7) is 2.17. The van der Waals surface area contributed by atoms with E-state index in [4.69, 9.17) is 4.89 Å². The molecule has 0 aliphatic heterocycles. The first-order valence-corrected chi connectivity index (χ1v) is 11.0. The second kappa shape index (κ2) is 16.6. The first kappa shape index (κ1) is 31.9. The molecule has 13 N–H and O–H groups in total. The molecule has 0 spiro atoms. The minimum Gasteiger partial charge on any atom is -0.810 e. The zero-order valence-corrected chi connectivity index (χ0v) is 17.5. The van der Waals surface area contributed by atoms with Gasteiger partial charge in [-0.1, -0.05) is 78.7 Å². The third-order valence-corrected chi connectivity index (χ3v) is 7.28. The fraction of sp³-hybridized carbons (Fsp3) is 1.00. The topological polar surface area (TPSA) is 233 Å². The quantitative estimate of drug-likeness (QED) is 0.269. The normalized spacial score (nSPS) is 14.5. The van der Waals surface area contributed by atoms with Crippen LogP contribution in [0.4, 0.5) is 0 Å². The average molecular weight is 395 g/mol. The lowest BCUT2D eigenvalue weighted by molar-refractivity contribution is -0.316. The largest absolute Gasteiger partial charge is 0.810 e. The molecule has 0 amide bonds. The van der Waals surface area contributed by atoms with E-state index in [0.29, 0.717) is 12.8 Å². The monoisotopic (exact) mass is 395 g/mol. The molecule has 0 aromatic rings. The van der Waals surface area contributed by atoms with Crippen LogP contribution in [0.5, 0.6) is 0 Å². The number of quaternary nitrogens is 3. The maximum Gasteiger partial charge on any atom is 0.140 e. The molecule has 0 rings (SSSR count). The molecular formula is C13H39N3O6P2. The number of hydrogen-bond acceptors (Lipinski definition) is 5. The Morgan fingerprint density at radius 3 is 1.38 bits per heavy atom. The van der Waals surface area contributed by atoms with Crippen molar-refractivity contribution in [3.63, 3.8) is 0 Å². The Kier molecular flexibility index (Phi) is 22.1. The van der Waals surface area contributed by atoms with Gasteiger partial charge >= 0.3 is 0 Å². The zero-order valence-electron chi connectivity index (χ0n) is 15.7. The van der Waals surface area contributed by atoms with E-state index >= 15 is 0 Å². The van der Waals surface area contributed by atoms with Crippen molar-refractivity contribution in [1.29, 1.82) is 0 Å². The second-order valence-corrected chi connectivity index (χ2v) is 9.42. The Balaban J connectivity index is -0.000000667. The lowest BCUT2D eigenvalue weighted by atomic mass is 10.1. The van der Waals surface area contributed by atoms with Crippen molar-refractivity contribution in [1.82, 2.24) is 18.5 Å². The van der Waals surface area contributed by atoms with Crippen LogP contribution < -0.4 is 33.1 Å². The Morgan fingerprint density at radius 1 is 0.750 bits per heavy atom. The minimum atomic E-state index is -5.30. The van der Waals surface area contributed by atoms with E-state index in [1.807, 2.05) is 0 Å². The maximum absolute atomic E-state index is 10.9. The highest BCUT2D eigenvalue weighted by atomic mass is 31.2. The Bertz CT molecular complexity index is 340. The third kappa shape index (κ3) is 17.0. The third-order valence-electron chi connectivity index (χ3n) is 3.56. The molecule has 0 fully saturated rings. The number of hydrogen-bond donors (Lipinski definition) is 4. The smallest absolute Gasteiger partial charge is 0.140 e. The standard InChI is InChI=1S/C13H30O6P2.3H3N/c1-2-3-4-5-6-7-8-9-10-11-12-13(20(14,15)16)21(17,18)19;;;/h13H,2-12H2,1H3,(H2,14,15,16)(H2,17,18,19);3*1H3. The van der Waals surface area contributed by atoms with Crippen LogP contribution in [0, 0.1) is 0 Å². The van der Waals surface area contributed by atoms with Gasteiger partial charge in [-0.05, 0) is 6.42 Å². The SMILES string of the molecule is CCCCCCCCCCCCC(P(=O)([O-])[O-])P(=O)([O-])O.[NH4+].[NH4+].[NH4+]. The van der Waals surface area contributed by atoms with E-state index in [-0.39, 0.29) is 24.9 Å². The van der Waals surface area contributed by atoms with Gasteiger partial charge in [0.1, 0.15) is 7.60 Å². The van der Waals surface area contributed by atoms with E-state index in [1.54, 1.807) is 0 Å². The fourth-order valence-electron chi connectivity index (χ4n) is 2.31. The molecule has 0 saturated heterocycles. The molecule has 0 aromatic heterocycles. The van der Waals surface area contributed by atoms with Gasteiger partial charge in [0.2, 0.25) is 0 Å². The summed E-state index contributed by atoms with van der Waals surface area (Å²) in [5.74, 6) is 0. The average Bonchev–Trinajstić information content (AvgIpc) is 2.32. The van der Waals surface area contributed by atoms with Gasteiger partial charge in [-0.3, -0.25) is 0 Å². The lowest BCUT2D eigenvalue weighted by Gasteiger charge is -2.42. The fourth-order valence-corrected chi connectivity index (χ4v) is 4.75. The first-order chi connectivity index (χ1) is 9.69. The molecule has 9 nitrogen and oxygen atoms in total. The van der Waals surface area contributed by atoms with Gasteiger partial charge in [0.15, 0.2) is 0 Å².